The van der Waals surface area contributed by atoms with E-state index >= 15 is 0 Å². The summed E-state index contributed by atoms with van der Waals surface area (Å²) in [4.78, 5) is 25.5. The van der Waals surface area contributed by atoms with E-state index in [2.05, 4.69) is 10.3 Å². The van der Waals surface area contributed by atoms with Gasteiger partial charge in [0.05, 0.1) is 16.1 Å². The van der Waals surface area contributed by atoms with Gasteiger partial charge < -0.3 is 11.1 Å². The molecule has 1 aromatic carbocycles. The molecule has 2 aromatic rings. The molecule has 0 spiro atoms. The number of rotatable bonds is 6. The summed E-state index contributed by atoms with van der Waals surface area (Å²) < 4.78 is 38.8. The van der Waals surface area contributed by atoms with Crippen molar-refractivity contribution in [2.45, 2.75) is 24.4 Å². The topological polar surface area (TPSA) is 111 Å². The highest BCUT2D eigenvalue weighted by molar-refractivity contribution is 5.98. The van der Waals surface area contributed by atoms with E-state index in [9.17, 15) is 28.1 Å². The molecule has 3 N–H and O–H groups in total. The number of nitrogens with zero attached hydrogens (tertiary/aromatic N) is 2. The third kappa shape index (κ3) is 3.83. The van der Waals surface area contributed by atoms with Crippen LogP contribution in [-0.4, -0.2) is 22.4 Å². The lowest BCUT2D eigenvalue weighted by Crippen LogP contribution is -2.23. The summed E-state index contributed by atoms with van der Waals surface area (Å²) in [6.45, 7) is 0.222. The first-order valence-electron chi connectivity index (χ1n) is 7.98. The Labute approximate surface area is 151 Å². The third-order valence-electron chi connectivity index (χ3n) is 4.60. The number of hydrogen-bond donors (Lipinski definition) is 2. The summed E-state index contributed by atoms with van der Waals surface area (Å²) in [5.41, 5.74) is 4.02. The second-order valence-electron chi connectivity index (χ2n) is 6.42. The Hall–Kier alpha value is -3.17. The van der Waals surface area contributed by atoms with Crippen molar-refractivity contribution in [3.63, 3.8) is 0 Å². The highest BCUT2D eigenvalue weighted by atomic mass is 19.4. The number of primary amides is 1. The minimum absolute atomic E-state index is 0.0614. The van der Waals surface area contributed by atoms with E-state index in [4.69, 9.17) is 5.73 Å². The first-order valence-corrected chi connectivity index (χ1v) is 7.98. The molecule has 0 aliphatic heterocycles. The van der Waals surface area contributed by atoms with Crippen LogP contribution in [0.5, 0.6) is 0 Å². The van der Waals surface area contributed by atoms with Gasteiger partial charge in [-0.1, -0.05) is 18.2 Å². The lowest BCUT2D eigenvalue weighted by molar-refractivity contribution is -0.385. The van der Waals surface area contributed by atoms with Crippen LogP contribution in [0.15, 0.2) is 36.5 Å². The van der Waals surface area contributed by atoms with Gasteiger partial charge in [0.25, 0.3) is 11.6 Å². The van der Waals surface area contributed by atoms with Crippen molar-refractivity contribution in [2.24, 2.45) is 5.73 Å². The largest absolute Gasteiger partial charge is 0.416 e. The van der Waals surface area contributed by atoms with Crippen molar-refractivity contribution >= 4 is 17.4 Å². The molecule has 1 amide bonds. The van der Waals surface area contributed by atoms with Crippen LogP contribution in [0.1, 0.15) is 34.3 Å². The molecule has 1 heterocycles. The molecule has 0 radical (unpaired) electrons. The lowest BCUT2D eigenvalue weighted by atomic mass is 9.94. The molecule has 10 heteroatoms. The number of aromatic nitrogens is 1. The average Bonchev–Trinajstić information content (AvgIpc) is 3.40. The van der Waals surface area contributed by atoms with Crippen LogP contribution in [0, 0.1) is 10.1 Å². The number of amides is 1. The van der Waals surface area contributed by atoms with E-state index in [0.29, 0.717) is 18.4 Å². The van der Waals surface area contributed by atoms with Crippen LogP contribution in [0.4, 0.5) is 24.7 Å². The summed E-state index contributed by atoms with van der Waals surface area (Å²) >= 11 is 0. The van der Waals surface area contributed by atoms with Gasteiger partial charge in [0.15, 0.2) is 0 Å². The number of carbonyl (C=O) groups excluding carboxylic acids is 1. The smallest absolute Gasteiger partial charge is 0.369 e. The zero-order valence-corrected chi connectivity index (χ0v) is 13.9. The molecule has 0 atom stereocenters. The molecule has 1 fully saturated rings. The first-order chi connectivity index (χ1) is 12.6. The van der Waals surface area contributed by atoms with Crippen LogP contribution in [0.25, 0.3) is 0 Å². The van der Waals surface area contributed by atoms with Gasteiger partial charge in [-0.15, -0.1) is 0 Å². The number of benzene rings is 1. The Balaban J connectivity index is 1.83. The predicted molar refractivity (Wildman–Crippen MR) is 90.3 cm³/mol. The Morgan fingerprint density at radius 2 is 2.04 bits per heavy atom. The van der Waals surface area contributed by atoms with Gasteiger partial charge >= 0.3 is 6.18 Å². The Bertz CT molecular complexity index is 911. The lowest BCUT2D eigenvalue weighted by Gasteiger charge is -2.19. The van der Waals surface area contributed by atoms with Gasteiger partial charge in [0.2, 0.25) is 0 Å². The van der Waals surface area contributed by atoms with Gasteiger partial charge in [-0.25, -0.2) is 4.98 Å². The molecule has 27 heavy (non-hydrogen) atoms. The van der Waals surface area contributed by atoms with E-state index in [0.717, 1.165) is 24.4 Å². The van der Waals surface area contributed by atoms with Crippen molar-refractivity contribution in [1.29, 1.82) is 0 Å². The summed E-state index contributed by atoms with van der Waals surface area (Å²) in [6.07, 6.45) is -2.11. The van der Waals surface area contributed by atoms with Crippen molar-refractivity contribution in [1.82, 2.24) is 4.98 Å². The van der Waals surface area contributed by atoms with Gasteiger partial charge in [0.1, 0.15) is 12.0 Å². The zero-order valence-electron chi connectivity index (χ0n) is 13.9. The van der Waals surface area contributed by atoms with E-state index in [1.165, 1.54) is 6.07 Å². The van der Waals surface area contributed by atoms with Gasteiger partial charge in [-0.05, 0) is 24.5 Å². The standard InChI is InChI=1S/C17H15F3N4O3/c18-17(19,20)11-3-1-2-10(6-11)16(4-5-16)9-23-15-13(14(21)25)7-12(8-22-15)24(26)27/h1-3,6-8H,4-5,9H2,(H2,21,25)(H,22,23). The number of halogens is 3. The maximum Gasteiger partial charge on any atom is 0.416 e. The third-order valence-corrected chi connectivity index (χ3v) is 4.60. The zero-order chi connectivity index (χ0) is 19.8. The fourth-order valence-corrected chi connectivity index (χ4v) is 2.88. The Morgan fingerprint density at radius 3 is 2.59 bits per heavy atom. The first kappa shape index (κ1) is 18.6. The maximum absolute atomic E-state index is 12.9. The van der Waals surface area contributed by atoms with E-state index < -0.39 is 28.0 Å². The van der Waals surface area contributed by atoms with Crippen molar-refractivity contribution in [2.75, 3.05) is 11.9 Å². The number of anilines is 1. The summed E-state index contributed by atoms with van der Waals surface area (Å²) in [6, 6.07) is 6.13. The second kappa shape index (κ2) is 6.53. The molecule has 0 saturated heterocycles. The average molecular weight is 380 g/mol. The van der Waals surface area contributed by atoms with Crippen LogP contribution in [0.3, 0.4) is 0 Å². The normalized spacial score (nSPS) is 15.2. The number of nitro groups is 1. The predicted octanol–water partition coefficient (Wildman–Crippen LogP) is 3.25. The Kier molecular flexibility index (Phi) is 4.50. The number of carbonyl (C=O) groups is 1. The number of hydrogen-bond acceptors (Lipinski definition) is 5. The molecular formula is C17H15F3N4O3. The fraction of sp³-hybridized carbons (Fsp3) is 0.294. The summed E-state index contributed by atoms with van der Waals surface area (Å²) in [5.74, 6) is -0.830. The second-order valence-corrected chi connectivity index (χ2v) is 6.42. The number of nitrogens with two attached hydrogens (primary N) is 1. The SMILES string of the molecule is NC(=O)c1cc([N+](=O)[O-])cnc1NCC1(c2cccc(C(F)(F)F)c2)CC1. The van der Waals surface area contributed by atoms with Crippen LogP contribution in [-0.2, 0) is 11.6 Å². The molecule has 3 rings (SSSR count). The fourth-order valence-electron chi connectivity index (χ4n) is 2.88. The summed E-state index contributed by atoms with van der Waals surface area (Å²) in [5, 5.41) is 13.7. The molecule has 7 nitrogen and oxygen atoms in total. The highest BCUT2D eigenvalue weighted by Gasteiger charge is 2.45. The van der Waals surface area contributed by atoms with E-state index in [-0.39, 0.29) is 23.6 Å². The monoisotopic (exact) mass is 380 g/mol. The maximum atomic E-state index is 12.9. The number of nitrogens with one attached hydrogen (secondary N) is 1. The molecule has 0 bridgehead atoms. The molecule has 1 saturated carbocycles. The van der Waals surface area contributed by atoms with Crippen LogP contribution in [0.2, 0.25) is 0 Å². The highest BCUT2D eigenvalue weighted by Crippen LogP contribution is 2.49. The minimum atomic E-state index is -4.43. The van der Waals surface area contributed by atoms with Crippen LogP contribution < -0.4 is 11.1 Å². The number of alkyl halides is 3. The molecular weight excluding hydrogens is 365 g/mol. The molecule has 1 aliphatic rings. The molecule has 1 aromatic heterocycles. The molecule has 142 valence electrons. The molecule has 0 unspecified atom stereocenters. The van der Waals surface area contributed by atoms with Crippen molar-refractivity contribution in [3.05, 3.63) is 63.3 Å². The Morgan fingerprint density at radius 1 is 1.33 bits per heavy atom. The van der Waals surface area contributed by atoms with Crippen molar-refractivity contribution in [3.8, 4) is 0 Å². The van der Waals surface area contributed by atoms with Gasteiger partial charge in [-0.2, -0.15) is 13.2 Å². The van der Waals surface area contributed by atoms with Crippen molar-refractivity contribution < 1.29 is 22.9 Å². The summed E-state index contributed by atoms with van der Waals surface area (Å²) in [7, 11) is 0. The van der Waals surface area contributed by atoms with E-state index in [1.807, 2.05) is 0 Å². The quantitative estimate of drug-likeness (QED) is 0.590. The molecule has 1 aliphatic carbocycles. The van der Waals surface area contributed by atoms with E-state index in [1.54, 1.807) is 6.07 Å². The minimum Gasteiger partial charge on any atom is -0.369 e. The number of pyridine rings is 1. The van der Waals surface area contributed by atoms with Gasteiger partial charge in [0, 0.05) is 18.0 Å². The van der Waals surface area contributed by atoms with Crippen LogP contribution >= 0.6 is 0 Å². The van der Waals surface area contributed by atoms with Gasteiger partial charge in [-0.3, -0.25) is 14.9 Å².